The van der Waals surface area contributed by atoms with E-state index in [0.29, 0.717) is 4.91 Å². The van der Waals surface area contributed by atoms with Crippen molar-refractivity contribution in [1.82, 2.24) is 0 Å². The molecule has 0 radical (unpaired) electrons. The number of nitrogens with zero attached hydrogens (tertiary/aromatic N) is 2. The summed E-state index contributed by atoms with van der Waals surface area (Å²) in [5.41, 5.74) is 3.90. The van der Waals surface area contributed by atoms with Gasteiger partial charge in [-0.3, -0.25) is 15.1 Å². The second-order valence-corrected chi connectivity index (χ2v) is 7.14. The predicted molar refractivity (Wildman–Crippen MR) is 112 cm³/mol. The Balaban J connectivity index is 1.85. The number of hydrogen-bond donors (Lipinski definition) is 1. The number of amidine groups is 1. The fourth-order valence-corrected chi connectivity index (χ4v) is 3.90. The molecule has 1 fully saturated rings. The van der Waals surface area contributed by atoms with Crippen molar-refractivity contribution in [2.45, 2.75) is 20.8 Å². The highest BCUT2D eigenvalue weighted by atomic mass is 32.2. The van der Waals surface area contributed by atoms with Gasteiger partial charge in [-0.05, 0) is 67.9 Å². The van der Waals surface area contributed by atoms with Gasteiger partial charge in [0.25, 0.3) is 5.91 Å². The molecule has 2 aromatic rings. The Morgan fingerprint density at radius 3 is 2.35 bits per heavy atom. The molecule has 3 rings (SSSR count). The van der Waals surface area contributed by atoms with Gasteiger partial charge in [0.15, 0.2) is 5.17 Å². The first kappa shape index (κ1) is 18.3. The van der Waals surface area contributed by atoms with Crippen LogP contribution in [-0.4, -0.2) is 24.2 Å². The van der Waals surface area contributed by atoms with Crippen LogP contribution < -0.4 is 9.80 Å². The van der Waals surface area contributed by atoms with Crippen LogP contribution in [0.2, 0.25) is 0 Å². The van der Waals surface area contributed by atoms with E-state index in [-0.39, 0.29) is 11.1 Å². The largest absolute Gasteiger partial charge is 0.372 e. The van der Waals surface area contributed by atoms with Crippen molar-refractivity contribution in [1.29, 1.82) is 5.41 Å². The molecule has 134 valence electrons. The van der Waals surface area contributed by atoms with Crippen LogP contribution in [0.5, 0.6) is 0 Å². The molecule has 0 bridgehead atoms. The van der Waals surface area contributed by atoms with E-state index in [0.717, 1.165) is 29.9 Å². The van der Waals surface area contributed by atoms with Gasteiger partial charge in [-0.15, -0.1) is 0 Å². The number of thioether (sulfide) groups is 1. The number of amides is 1. The number of para-hydroxylation sites is 1. The van der Waals surface area contributed by atoms with E-state index < -0.39 is 0 Å². The Kier molecular flexibility index (Phi) is 5.47. The second kappa shape index (κ2) is 7.79. The molecule has 1 heterocycles. The zero-order valence-electron chi connectivity index (χ0n) is 15.3. The molecule has 0 unspecified atom stereocenters. The summed E-state index contributed by atoms with van der Waals surface area (Å²) in [4.78, 5) is 17.2. The third-order valence-electron chi connectivity index (χ3n) is 4.50. The van der Waals surface area contributed by atoms with Gasteiger partial charge < -0.3 is 4.90 Å². The van der Waals surface area contributed by atoms with E-state index in [2.05, 4.69) is 30.9 Å². The lowest BCUT2D eigenvalue weighted by molar-refractivity contribution is -0.113. The first-order valence-electron chi connectivity index (χ1n) is 8.78. The standard InChI is InChI=1S/C21H23N3OS/c1-4-23(5-2)17-12-10-16(11-13-17)14-19-20(25)24(21(22)26-19)18-9-7-6-8-15(18)3/h6-14,22H,4-5H2,1-3H3/b19-14-,22-21?. The first-order valence-corrected chi connectivity index (χ1v) is 9.60. The average molecular weight is 366 g/mol. The minimum atomic E-state index is -0.137. The lowest BCUT2D eigenvalue weighted by Crippen LogP contribution is -2.28. The van der Waals surface area contributed by atoms with E-state index in [9.17, 15) is 4.79 Å². The number of anilines is 2. The maximum atomic E-state index is 12.8. The number of rotatable bonds is 5. The van der Waals surface area contributed by atoms with E-state index in [1.165, 1.54) is 22.3 Å². The zero-order chi connectivity index (χ0) is 18.7. The summed E-state index contributed by atoms with van der Waals surface area (Å²) in [6.45, 7) is 8.16. The molecule has 0 aromatic heterocycles. The van der Waals surface area contributed by atoms with Crippen LogP contribution in [0.4, 0.5) is 11.4 Å². The Hall–Kier alpha value is -2.53. The summed E-state index contributed by atoms with van der Waals surface area (Å²) in [5, 5.41) is 8.47. The number of carbonyl (C=O) groups excluding carboxylic acids is 1. The molecule has 0 spiro atoms. The molecule has 4 nitrogen and oxygen atoms in total. The molecule has 5 heteroatoms. The topological polar surface area (TPSA) is 47.4 Å². The summed E-state index contributed by atoms with van der Waals surface area (Å²) >= 11 is 1.21. The van der Waals surface area contributed by atoms with E-state index in [4.69, 9.17) is 5.41 Å². The van der Waals surface area contributed by atoms with E-state index >= 15 is 0 Å². The van der Waals surface area contributed by atoms with Crippen molar-refractivity contribution in [3.8, 4) is 0 Å². The van der Waals surface area contributed by atoms with Gasteiger partial charge in [-0.2, -0.15) is 0 Å². The monoisotopic (exact) mass is 365 g/mol. The van der Waals surface area contributed by atoms with Crippen molar-refractivity contribution >= 4 is 40.3 Å². The normalized spacial score (nSPS) is 15.8. The summed E-state index contributed by atoms with van der Waals surface area (Å²) in [6, 6.07) is 15.9. The van der Waals surface area contributed by atoms with Crippen LogP contribution in [0.15, 0.2) is 53.4 Å². The molecule has 1 saturated heterocycles. The van der Waals surface area contributed by atoms with Gasteiger partial charge in [0, 0.05) is 18.8 Å². The molecule has 1 aliphatic rings. The quantitative estimate of drug-likeness (QED) is 0.767. The van der Waals surface area contributed by atoms with Crippen molar-refractivity contribution < 1.29 is 4.79 Å². The highest BCUT2D eigenvalue weighted by Gasteiger charge is 2.34. The molecule has 1 N–H and O–H groups in total. The van der Waals surface area contributed by atoms with Gasteiger partial charge in [-0.1, -0.05) is 30.3 Å². The molecular formula is C21H23N3OS. The Morgan fingerprint density at radius 2 is 1.73 bits per heavy atom. The summed E-state index contributed by atoms with van der Waals surface area (Å²) in [7, 11) is 0. The predicted octanol–water partition coefficient (Wildman–Crippen LogP) is 4.90. The summed E-state index contributed by atoms with van der Waals surface area (Å²) in [5.74, 6) is -0.137. The number of hydrogen-bond acceptors (Lipinski definition) is 4. The molecule has 0 atom stereocenters. The Labute approximate surface area is 159 Å². The smallest absolute Gasteiger partial charge is 0.271 e. The van der Waals surface area contributed by atoms with Gasteiger partial charge in [0.2, 0.25) is 0 Å². The molecular weight excluding hydrogens is 342 g/mol. The van der Waals surface area contributed by atoms with Crippen molar-refractivity contribution in [3.05, 3.63) is 64.6 Å². The van der Waals surface area contributed by atoms with Crippen LogP contribution in [0.1, 0.15) is 25.0 Å². The third kappa shape index (κ3) is 3.53. The van der Waals surface area contributed by atoms with Crippen LogP contribution in [0.3, 0.4) is 0 Å². The summed E-state index contributed by atoms with van der Waals surface area (Å²) < 4.78 is 0. The number of nitrogens with one attached hydrogen (secondary N) is 1. The van der Waals surface area contributed by atoms with Gasteiger partial charge in [0.1, 0.15) is 0 Å². The fourth-order valence-electron chi connectivity index (χ4n) is 3.04. The SMILES string of the molecule is CCN(CC)c1ccc(/C=C2\SC(=N)N(c3ccccc3C)C2=O)cc1. The van der Waals surface area contributed by atoms with Gasteiger partial charge in [0.05, 0.1) is 10.6 Å². The van der Waals surface area contributed by atoms with Crippen LogP contribution in [-0.2, 0) is 4.79 Å². The molecule has 0 aliphatic carbocycles. The molecule has 2 aromatic carbocycles. The molecule has 0 saturated carbocycles. The second-order valence-electron chi connectivity index (χ2n) is 6.11. The highest BCUT2D eigenvalue weighted by Crippen LogP contribution is 2.36. The molecule has 26 heavy (non-hydrogen) atoms. The van der Waals surface area contributed by atoms with E-state index in [1.807, 2.05) is 49.4 Å². The highest BCUT2D eigenvalue weighted by molar-refractivity contribution is 8.19. The Bertz CT molecular complexity index is 854. The maximum Gasteiger partial charge on any atom is 0.271 e. The minimum Gasteiger partial charge on any atom is -0.372 e. The number of aryl methyl sites for hydroxylation is 1. The number of benzene rings is 2. The van der Waals surface area contributed by atoms with Crippen molar-refractivity contribution in [2.24, 2.45) is 0 Å². The molecule has 1 amide bonds. The van der Waals surface area contributed by atoms with Gasteiger partial charge in [-0.25, -0.2) is 0 Å². The minimum absolute atomic E-state index is 0.137. The number of carbonyl (C=O) groups is 1. The third-order valence-corrected chi connectivity index (χ3v) is 5.39. The van der Waals surface area contributed by atoms with Crippen LogP contribution >= 0.6 is 11.8 Å². The van der Waals surface area contributed by atoms with Crippen LogP contribution in [0, 0.1) is 12.3 Å². The lowest BCUT2D eigenvalue weighted by atomic mass is 10.1. The lowest BCUT2D eigenvalue weighted by Gasteiger charge is -2.20. The average Bonchev–Trinajstić information content (AvgIpc) is 2.91. The summed E-state index contributed by atoms with van der Waals surface area (Å²) in [6.07, 6.45) is 1.87. The van der Waals surface area contributed by atoms with Gasteiger partial charge >= 0.3 is 0 Å². The molecule has 1 aliphatic heterocycles. The fraction of sp³-hybridized carbons (Fsp3) is 0.238. The Morgan fingerprint density at radius 1 is 1.08 bits per heavy atom. The zero-order valence-corrected chi connectivity index (χ0v) is 16.1. The first-order chi connectivity index (χ1) is 12.5. The van der Waals surface area contributed by atoms with Crippen LogP contribution in [0.25, 0.3) is 6.08 Å². The van der Waals surface area contributed by atoms with E-state index in [1.54, 1.807) is 0 Å². The van der Waals surface area contributed by atoms with Crippen molar-refractivity contribution in [2.75, 3.05) is 22.9 Å². The maximum absolute atomic E-state index is 12.8. The van der Waals surface area contributed by atoms with Crippen molar-refractivity contribution in [3.63, 3.8) is 0 Å².